The van der Waals surface area contributed by atoms with Crippen molar-refractivity contribution in [3.8, 4) is 0 Å². The number of alkyl halides is 6. The zero-order valence-corrected chi connectivity index (χ0v) is 21.7. The molecule has 2 bridgehead atoms. The number of nitrogens with one attached hydrogen (secondary N) is 1. The largest absolute Gasteiger partial charge is 0.416 e. The van der Waals surface area contributed by atoms with Gasteiger partial charge in [0.1, 0.15) is 0 Å². The van der Waals surface area contributed by atoms with Gasteiger partial charge in [0, 0.05) is 24.2 Å². The van der Waals surface area contributed by atoms with Gasteiger partial charge in [-0.1, -0.05) is 31.5 Å². The van der Waals surface area contributed by atoms with Crippen molar-refractivity contribution in [1.29, 1.82) is 0 Å². The van der Waals surface area contributed by atoms with Crippen LogP contribution in [-0.2, 0) is 22.4 Å². The summed E-state index contributed by atoms with van der Waals surface area (Å²) in [5.74, 6) is 0.787. The maximum absolute atomic E-state index is 13.6. The first kappa shape index (κ1) is 27.9. The van der Waals surface area contributed by atoms with Crippen LogP contribution in [0, 0.1) is 11.8 Å². The van der Waals surface area contributed by atoms with Gasteiger partial charge in [0.2, 0.25) is 10.0 Å². The van der Waals surface area contributed by atoms with Crippen molar-refractivity contribution < 1.29 is 34.8 Å². The van der Waals surface area contributed by atoms with E-state index in [1.165, 1.54) is 6.20 Å². The lowest BCUT2D eigenvalue weighted by molar-refractivity contribution is -0.143. The molecule has 3 aromatic rings. The minimum atomic E-state index is -5.17. The van der Waals surface area contributed by atoms with Gasteiger partial charge in [0.15, 0.2) is 0 Å². The molecule has 3 saturated heterocycles. The Kier molecular flexibility index (Phi) is 7.17. The van der Waals surface area contributed by atoms with Gasteiger partial charge in [-0.2, -0.15) is 26.3 Å². The van der Waals surface area contributed by atoms with Crippen LogP contribution in [-0.4, -0.2) is 37.4 Å². The Hall–Kier alpha value is -2.70. The van der Waals surface area contributed by atoms with Crippen molar-refractivity contribution in [2.45, 2.75) is 55.5 Å². The highest BCUT2D eigenvalue weighted by atomic mass is 32.2. The second kappa shape index (κ2) is 10.0. The fourth-order valence-corrected chi connectivity index (χ4v) is 7.36. The summed E-state index contributed by atoms with van der Waals surface area (Å²) in [5.41, 5.74) is -2.21. The molecule has 4 heterocycles. The van der Waals surface area contributed by atoms with Crippen LogP contribution in [0.3, 0.4) is 0 Å². The predicted octanol–water partition coefficient (Wildman–Crippen LogP) is 6.41. The van der Waals surface area contributed by atoms with E-state index in [1.807, 2.05) is 0 Å². The third kappa shape index (κ3) is 5.51. The first-order chi connectivity index (χ1) is 18.3. The van der Waals surface area contributed by atoms with E-state index in [1.54, 1.807) is 30.3 Å². The van der Waals surface area contributed by atoms with Gasteiger partial charge in [-0.3, -0.25) is 9.88 Å². The quantitative estimate of drug-likeness (QED) is 0.348. The van der Waals surface area contributed by atoms with Crippen LogP contribution in [0.25, 0.3) is 10.9 Å². The second-order valence-corrected chi connectivity index (χ2v) is 12.0. The van der Waals surface area contributed by atoms with E-state index >= 15 is 0 Å². The molecule has 12 heteroatoms. The maximum atomic E-state index is 13.6. The zero-order chi connectivity index (χ0) is 28.2. The lowest BCUT2D eigenvalue weighted by atomic mass is 9.72. The Morgan fingerprint density at radius 3 is 2.28 bits per heavy atom. The average molecular weight is 572 g/mol. The molecule has 0 radical (unpaired) electrons. The van der Waals surface area contributed by atoms with Crippen LogP contribution >= 0.6 is 0 Å². The number of nitrogens with zero attached hydrogens (tertiary/aromatic N) is 2. The van der Waals surface area contributed by atoms with Gasteiger partial charge >= 0.3 is 12.4 Å². The third-order valence-electron chi connectivity index (χ3n) is 8.02. The van der Waals surface area contributed by atoms with Crippen molar-refractivity contribution in [2.24, 2.45) is 11.8 Å². The van der Waals surface area contributed by atoms with Crippen molar-refractivity contribution in [3.05, 3.63) is 71.4 Å². The van der Waals surface area contributed by atoms with Crippen LogP contribution < -0.4 is 4.72 Å². The maximum Gasteiger partial charge on any atom is 0.416 e. The molecular formula is C27H27F6N3O2S. The van der Waals surface area contributed by atoms with Crippen molar-refractivity contribution in [2.75, 3.05) is 13.1 Å². The molecule has 0 saturated carbocycles. The van der Waals surface area contributed by atoms with Crippen molar-refractivity contribution in [3.63, 3.8) is 0 Å². The Balaban J connectivity index is 1.62. The van der Waals surface area contributed by atoms with Crippen LogP contribution in [0.4, 0.5) is 26.3 Å². The summed E-state index contributed by atoms with van der Waals surface area (Å²) in [6, 6.07) is 7.89. The topological polar surface area (TPSA) is 62.3 Å². The molecule has 0 aliphatic carbocycles. The van der Waals surface area contributed by atoms with Crippen LogP contribution in [0.15, 0.2) is 59.6 Å². The molecule has 2 aromatic carbocycles. The van der Waals surface area contributed by atoms with Gasteiger partial charge in [-0.25, -0.2) is 13.1 Å². The van der Waals surface area contributed by atoms with Gasteiger partial charge in [0.25, 0.3) is 0 Å². The molecule has 39 heavy (non-hydrogen) atoms. The molecular weight excluding hydrogens is 544 g/mol. The first-order valence-electron chi connectivity index (χ1n) is 12.7. The fourth-order valence-electron chi connectivity index (χ4n) is 6.04. The van der Waals surface area contributed by atoms with Gasteiger partial charge < -0.3 is 0 Å². The number of benzene rings is 2. The van der Waals surface area contributed by atoms with Crippen molar-refractivity contribution >= 4 is 20.9 Å². The molecule has 1 aromatic heterocycles. The summed E-state index contributed by atoms with van der Waals surface area (Å²) in [7, 11) is -4.82. The smallest absolute Gasteiger partial charge is 0.298 e. The molecule has 0 amide bonds. The monoisotopic (exact) mass is 571 g/mol. The third-order valence-corrected chi connectivity index (χ3v) is 9.44. The first-order valence-corrected chi connectivity index (χ1v) is 14.2. The summed E-state index contributed by atoms with van der Waals surface area (Å²) in [4.78, 5) is 5.43. The molecule has 6 rings (SSSR count). The number of sulfonamides is 1. The highest BCUT2D eigenvalue weighted by molar-refractivity contribution is 7.89. The van der Waals surface area contributed by atoms with E-state index in [2.05, 4.69) is 21.5 Å². The zero-order valence-electron chi connectivity index (χ0n) is 20.9. The standard InChI is InChI=1S/C27H27F6N3O2S/c1-2-16-15-36-10-8-17(16)11-24(36)25(22-7-9-34-23-6-4-3-5-21(22)23)35-39(37,38)20-13-18(26(28,29)30)12-19(14-20)27(31,32)33/h3-7,9,12-14,16-17,24-25,35H,2,8,10-11,15H2,1H3/t16?,17?,24-,25-/m0/s1. The Morgan fingerprint density at radius 2 is 1.69 bits per heavy atom. The van der Waals surface area contributed by atoms with E-state index in [0.717, 1.165) is 25.9 Å². The van der Waals surface area contributed by atoms with Crippen LogP contribution in [0.5, 0.6) is 0 Å². The molecule has 3 aliphatic rings. The summed E-state index contributed by atoms with van der Waals surface area (Å²) >= 11 is 0. The number of aromatic nitrogens is 1. The summed E-state index contributed by atoms with van der Waals surface area (Å²) in [5, 5.41) is 0.655. The van der Waals surface area contributed by atoms with Gasteiger partial charge in [0.05, 0.1) is 27.6 Å². The Morgan fingerprint density at radius 1 is 1.03 bits per heavy atom. The highest BCUT2D eigenvalue weighted by Gasteiger charge is 2.45. The lowest BCUT2D eigenvalue weighted by Crippen LogP contribution is -2.57. The van der Waals surface area contributed by atoms with Crippen molar-refractivity contribution in [1.82, 2.24) is 14.6 Å². The van der Waals surface area contributed by atoms with E-state index in [0.29, 0.717) is 34.7 Å². The SMILES string of the molecule is CCC1CN2CCC1C[C@H]2[C@@H](NS(=O)(=O)c1cc(C(F)(F)F)cc(C(F)(F)F)c1)c1ccnc2ccccc12. The predicted molar refractivity (Wildman–Crippen MR) is 133 cm³/mol. The molecule has 5 nitrogen and oxygen atoms in total. The van der Waals surface area contributed by atoms with E-state index in [-0.39, 0.29) is 24.2 Å². The number of halogens is 6. The van der Waals surface area contributed by atoms with Crippen LogP contribution in [0.2, 0.25) is 0 Å². The number of hydrogen-bond acceptors (Lipinski definition) is 4. The van der Waals surface area contributed by atoms with E-state index in [4.69, 9.17) is 0 Å². The van der Waals surface area contributed by atoms with Gasteiger partial charge in [-0.05, 0) is 67.1 Å². The molecule has 5 atom stereocenters. The number of rotatable bonds is 6. The number of fused-ring (bicyclic) bond motifs is 4. The molecule has 3 aliphatic heterocycles. The molecule has 3 fully saturated rings. The highest BCUT2D eigenvalue weighted by Crippen LogP contribution is 2.44. The summed E-state index contributed by atoms with van der Waals surface area (Å²) in [6.07, 6.45) is -6.25. The number of hydrogen-bond donors (Lipinski definition) is 1. The minimum Gasteiger partial charge on any atom is -0.298 e. The normalized spacial score (nSPS) is 24.7. The Labute approximate surface area is 222 Å². The second-order valence-electron chi connectivity index (χ2n) is 10.3. The molecule has 3 unspecified atom stereocenters. The number of piperidine rings is 3. The lowest BCUT2D eigenvalue weighted by Gasteiger charge is -2.52. The van der Waals surface area contributed by atoms with Gasteiger partial charge in [-0.15, -0.1) is 0 Å². The molecule has 210 valence electrons. The van der Waals surface area contributed by atoms with E-state index in [9.17, 15) is 34.8 Å². The minimum absolute atomic E-state index is 0.0798. The molecule has 0 spiro atoms. The summed E-state index contributed by atoms with van der Waals surface area (Å²) < 4.78 is 111. The number of para-hydroxylation sites is 1. The molecule has 1 N–H and O–H groups in total. The number of pyridine rings is 1. The fraction of sp³-hybridized carbons (Fsp3) is 0.444. The summed E-state index contributed by atoms with van der Waals surface area (Å²) in [6.45, 7) is 3.58. The Bertz CT molecular complexity index is 1440. The average Bonchev–Trinajstić information content (AvgIpc) is 2.90. The van der Waals surface area contributed by atoms with Crippen LogP contribution in [0.1, 0.15) is 48.9 Å². The van der Waals surface area contributed by atoms with E-state index < -0.39 is 44.4 Å².